The van der Waals surface area contributed by atoms with E-state index >= 15 is 0 Å². The summed E-state index contributed by atoms with van der Waals surface area (Å²) >= 11 is 0. The third kappa shape index (κ3) is 5.42. The monoisotopic (exact) mass is 274 g/mol. The third-order valence-corrected chi connectivity index (χ3v) is 2.91. The first kappa shape index (κ1) is 15.7. The van der Waals surface area contributed by atoms with Crippen LogP contribution in [0.1, 0.15) is 30.9 Å². The molecule has 0 aliphatic rings. The van der Waals surface area contributed by atoms with Crippen LogP contribution in [0.4, 0.5) is 13.2 Å². The van der Waals surface area contributed by atoms with Gasteiger partial charge in [0.1, 0.15) is 5.78 Å². The van der Waals surface area contributed by atoms with Crippen molar-refractivity contribution in [3.63, 3.8) is 0 Å². The zero-order chi connectivity index (χ0) is 14.5. The van der Waals surface area contributed by atoms with Crippen molar-refractivity contribution >= 4 is 5.78 Å². The Kier molecular flexibility index (Phi) is 5.54. The molecule has 0 bridgehead atoms. The van der Waals surface area contributed by atoms with E-state index in [0.717, 1.165) is 12.1 Å². The molecule has 5 heteroatoms. The number of alkyl halides is 3. The van der Waals surface area contributed by atoms with Crippen molar-refractivity contribution in [3.05, 3.63) is 35.4 Å². The molecule has 1 atom stereocenters. The average molecular weight is 274 g/mol. The number of carbonyl (C=O) groups excluding carboxylic acids is 1. The predicted octanol–water partition coefficient (Wildman–Crippen LogP) is 3.63. The van der Waals surface area contributed by atoms with Gasteiger partial charge in [0, 0.05) is 20.0 Å². The lowest BCUT2D eigenvalue weighted by molar-refractivity contribution is -0.137. The summed E-state index contributed by atoms with van der Waals surface area (Å²) in [6, 6.07) is 4.70. The Labute approximate surface area is 110 Å². The Morgan fingerprint density at radius 3 is 2.32 bits per heavy atom. The normalized spacial score (nSPS) is 13.3. The first-order valence-electron chi connectivity index (χ1n) is 6.03. The molecule has 0 fully saturated rings. The highest BCUT2D eigenvalue weighted by Crippen LogP contribution is 2.29. The molecular formula is C14H17F3O2. The van der Waals surface area contributed by atoms with Crippen molar-refractivity contribution in [2.45, 2.75) is 38.5 Å². The van der Waals surface area contributed by atoms with Crippen LogP contribution in [-0.4, -0.2) is 19.0 Å². The molecule has 0 aliphatic carbocycles. The number of ether oxygens (including phenoxy) is 1. The van der Waals surface area contributed by atoms with Crippen molar-refractivity contribution in [2.75, 3.05) is 7.11 Å². The van der Waals surface area contributed by atoms with E-state index in [1.807, 2.05) is 6.92 Å². The van der Waals surface area contributed by atoms with Crippen LogP contribution in [0.15, 0.2) is 24.3 Å². The second kappa shape index (κ2) is 6.70. The molecule has 0 amide bonds. The number of halogens is 3. The minimum Gasteiger partial charge on any atom is -0.382 e. The maximum Gasteiger partial charge on any atom is 0.416 e. The van der Waals surface area contributed by atoms with Crippen LogP contribution in [-0.2, 0) is 22.1 Å². The molecule has 0 aliphatic heterocycles. The van der Waals surface area contributed by atoms with Crippen LogP contribution in [0.3, 0.4) is 0 Å². The molecule has 0 saturated carbocycles. The van der Waals surface area contributed by atoms with Crippen LogP contribution >= 0.6 is 0 Å². The van der Waals surface area contributed by atoms with E-state index in [-0.39, 0.29) is 18.3 Å². The molecule has 1 unspecified atom stereocenters. The molecule has 0 spiro atoms. The number of ketones is 1. The first-order valence-corrected chi connectivity index (χ1v) is 6.03. The standard InChI is InChI=1S/C14H17F3O2/c1-10(19-2)3-8-13(18)9-11-4-6-12(7-5-11)14(15,16)17/h4-7,10H,3,8-9H2,1-2H3. The lowest BCUT2D eigenvalue weighted by Crippen LogP contribution is -2.10. The van der Waals surface area contributed by atoms with Gasteiger partial charge in [0.25, 0.3) is 0 Å². The number of rotatable bonds is 6. The van der Waals surface area contributed by atoms with Gasteiger partial charge in [-0.15, -0.1) is 0 Å². The van der Waals surface area contributed by atoms with Crippen LogP contribution in [0.2, 0.25) is 0 Å². The van der Waals surface area contributed by atoms with Gasteiger partial charge in [0.15, 0.2) is 0 Å². The maximum atomic E-state index is 12.3. The predicted molar refractivity (Wildman–Crippen MR) is 65.9 cm³/mol. The number of benzene rings is 1. The topological polar surface area (TPSA) is 26.3 Å². The largest absolute Gasteiger partial charge is 0.416 e. The molecule has 0 heterocycles. The number of Topliss-reactive ketones (excluding diaryl/α,β-unsaturated/α-hetero) is 1. The van der Waals surface area contributed by atoms with Gasteiger partial charge in [-0.25, -0.2) is 0 Å². The summed E-state index contributed by atoms with van der Waals surface area (Å²) in [5.74, 6) is 0.00339. The quantitative estimate of drug-likeness (QED) is 0.791. The number of methoxy groups -OCH3 is 1. The molecule has 2 nitrogen and oxygen atoms in total. The van der Waals surface area contributed by atoms with Gasteiger partial charge in [-0.3, -0.25) is 4.79 Å². The van der Waals surface area contributed by atoms with E-state index in [0.29, 0.717) is 18.4 Å². The summed E-state index contributed by atoms with van der Waals surface area (Å²) < 4.78 is 42.1. The minimum absolute atomic E-state index is 0.00339. The van der Waals surface area contributed by atoms with Gasteiger partial charge in [-0.05, 0) is 31.0 Å². The van der Waals surface area contributed by atoms with Crippen LogP contribution in [0.25, 0.3) is 0 Å². The molecule has 0 radical (unpaired) electrons. The van der Waals surface area contributed by atoms with Gasteiger partial charge >= 0.3 is 6.18 Å². The second-order valence-corrected chi connectivity index (χ2v) is 4.50. The van der Waals surface area contributed by atoms with Crippen molar-refractivity contribution in [1.29, 1.82) is 0 Å². The van der Waals surface area contributed by atoms with E-state index in [1.165, 1.54) is 12.1 Å². The summed E-state index contributed by atoms with van der Waals surface area (Å²) in [6.45, 7) is 1.87. The Bertz CT molecular complexity index is 410. The number of hydrogen-bond acceptors (Lipinski definition) is 2. The molecule has 0 aromatic heterocycles. The summed E-state index contributed by atoms with van der Waals surface area (Å²) in [7, 11) is 1.57. The first-order chi connectivity index (χ1) is 8.82. The lowest BCUT2D eigenvalue weighted by atomic mass is 10.0. The van der Waals surface area contributed by atoms with Gasteiger partial charge in [-0.1, -0.05) is 12.1 Å². The number of hydrogen-bond donors (Lipinski definition) is 0. The fourth-order valence-electron chi connectivity index (χ4n) is 1.61. The van der Waals surface area contributed by atoms with E-state index in [9.17, 15) is 18.0 Å². The molecule has 1 aromatic rings. The van der Waals surface area contributed by atoms with Crippen LogP contribution in [0.5, 0.6) is 0 Å². The van der Waals surface area contributed by atoms with Crippen molar-refractivity contribution in [1.82, 2.24) is 0 Å². The summed E-state index contributed by atoms with van der Waals surface area (Å²) in [4.78, 5) is 11.6. The molecule has 1 rings (SSSR count). The zero-order valence-corrected chi connectivity index (χ0v) is 11.0. The highest BCUT2D eigenvalue weighted by molar-refractivity contribution is 5.80. The van der Waals surface area contributed by atoms with Crippen molar-refractivity contribution in [3.8, 4) is 0 Å². The van der Waals surface area contributed by atoms with Crippen molar-refractivity contribution < 1.29 is 22.7 Å². The SMILES string of the molecule is COC(C)CCC(=O)Cc1ccc(C(F)(F)F)cc1. The highest BCUT2D eigenvalue weighted by Gasteiger charge is 2.29. The minimum atomic E-state index is -4.34. The molecule has 0 saturated heterocycles. The molecule has 0 N–H and O–H groups in total. The van der Waals surface area contributed by atoms with Crippen molar-refractivity contribution in [2.24, 2.45) is 0 Å². The maximum absolute atomic E-state index is 12.3. The van der Waals surface area contributed by atoms with Gasteiger partial charge in [0.2, 0.25) is 0 Å². The Morgan fingerprint density at radius 1 is 1.26 bits per heavy atom. The fourth-order valence-corrected chi connectivity index (χ4v) is 1.61. The molecule has 1 aromatic carbocycles. The van der Waals surface area contributed by atoms with E-state index in [4.69, 9.17) is 4.74 Å². The summed E-state index contributed by atoms with van der Waals surface area (Å²) in [5, 5.41) is 0. The van der Waals surface area contributed by atoms with Gasteiger partial charge < -0.3 is 4.74 Å². The third-order valence-electron chi connectivity index (χ3n) is 2.91. The Hall–Kier alpha value is -1.36. The van der Waals surface area contributed by atoms with E-state index in [1.54, 1.807) is 7.11 Å². The van der Waals surface area contributed by atoms with E-state index < -0.39 is 11.7 Å². The highest BCUT2D eigenvalue weighted by atomic mass is 19.4. The fraction of sp³-hybridized carbons (Fsp3) is 0.500. The smallest absolute Gasteiger partial charge is 0.382 e. The molecule has 19 heavy (non-hydrogen) atoms. The Balaban J connectivity index is 2.51. The number of carbonyl (C=O) groups is 1. The molecular weight excluding hydrogens is 257 g/mol. The average Bonchev–Trinajstić information content (AvgIpc) is 2.35. The van der Waals surface area contributed by atoms with E-state index in [2.05, 4.69) is 0 Å². The molecule has 106 valence electrons. The zero-order valence-electron chi connectivity index (χ0n) is 11.0. The summed E-state index contributed by atoms with van der Waals surface area (Å²) in [6.07, 6.45) is -3.17. The summed E-state index contributed by atoms with van der Waals surface area (Å²) in [5.41, 5.74) is -0.0974. The lowest BCUT2D eigenvalue weighted by Gasteiger charge is -2.09. The Morgan fingerprint density at radius 2 is 1.84 bits per heavy atom. The second-order valence-electron chi connectivity index (χ2n) is 4.50. The van der Waals surface area contributed by atoms with Gasteiger partial charge in [0.05, 0.1) is 11.7 Å². The van der Waals surface area contributed by atoms with Crippen LogP contribution < -0.4 is 0 Å². The van der Waals surface area contributed by atoms with Gasteiger partial charge in [-0.2, -0.15) is 13.2 Å². The van der Waals surface area contributed by atoms with Crippen LogP contribution in [0, 0.1) is 0 Å².